The van der Waals surface area contributed by atoms with E-state index in [1.165, 1.54) is 27.9 Å². The van der Waals surface area contributed by atoms with Crippen LogP contribution in [0.4, 0.5) is 5.69 Å². The number of ether oxygens (including phenoxy) is 2. The summed E-state index contributed by atoms with van der Waals surface area (Å²) in [5.74, 6) is -2.61. The maximum absolute atomic E-state index is 13.8. The fourth-order valence-corrected chi connectivity index (χ4v) is 4.77. The Hall–Kier alpha value is -4.60. The van der Waals surface area contributed by atoms with E-state index in [1.807, 2.05) is 0 Å². The summed E-state index contributed by atoms with van der Waals surface area (Å²) in [6, 6.07) is 6.97. The standard InChI is InChI=1S/C28H28N2O8/c1-13-24(34)22(15(3)31)26-23(25(13)35)28(4)19(38-26)12-17(32)21(27(28)36)14(2)29-11-10-20(33)30-16-8-6-7-9-18(16)37-5/h6-9,12,29,34-35H,10-11H2,1-5H3,(H,30,33). The molecule has 0 radical (unpaired) electrons. The van der Waals surface area contributed by atoms with Gasteiger partial charge in [0.25, 0.3) is 0 Å². The molecule has 4 N–H and O–H groups in total. The van der Waals surface area contributed by atoms with Gasteiger partial charge in [0.15, 0.2) is 17.3 Å². The SMILES string of the molecule is COc1ccccc1NC(=O)CCNC(C)=C1C(=O)C=C2Oc3c(C(C)=O)c(O)c(C)c(O)c3C2(C)C1=O. The van der Waals surface area contributed by atoms with E-state index in [0.29, 0.717) is 11.4 Å². The Kier molecular flexibility index (Phi) is 6.75. The second-order valence-electron chi connectivity index (χ2n) is 9.31. The van der Waals surface area contributed by atoms with Crippen molar-refractivity contribution in [1.29, 1.82) is 0 Å². The van der Waals surface area contributed by atoms with E-state index in [4.69, 9.17) is 9.47 Å². The number of amides is 1. The minimum atomic E-state index is -1.60. The molecule has 2 aromatic carbocycles. The van der Waals surface area contributed by atoms with E-state index in [1.54, 1.807) is 31.2 Å². The summed E-state index contributed by atoms with van der Waals surface area (Å²) >= 11 is 0. The van der Waals surface area contributed by atoms with Crippen LogP contribution in [0, 0.1) is 6.92 Å². The van der Waals surface area contributed by atoms with Crippen molar-refractivity contribution in [3.63, 3.8) is 0 Å². The summed E-state index contributed by atoms with van der Waals surface area (Å²) in [6.07, 6.45) is 1.18. The molecule has 0 bridgehead atoms. The number of nitrogens with one attached hydrogen (secondary N) is 2. The Morgan fingerprint density at radius 2 is 1.79 bits per heavy atom. The number of phenolic OH excluding ortho intramolecular Hbond substituents is 2. The highest BCUT2D eigenvalue weighted by atomic mass is 16.5. The number of rotatable bonds is 7. The van der Waals surface area contributed by atoms with Gasteiger partial charge < -0.3 is 30.3 Å². The number of methoxy groups -OCH3 is 1. The highest BCUT2D eigenvalue weighted by Gasteiger charge is 2.56. The first kappa shape index (κ1) is 26.5. The molecule has 0 aromatic heterocycles. The predicted octanol–water partition coefficient (Wildman–Crippen LogP) is 3.20. The second kappa shape index (κ2) is 9.70. The summed E-state index contributed by atoms with van der Waals surface area (Å²) in [5, 5.41) is 27.1. The van der Waals surface area contributed by atoms with Crippen LogP contribution in [0.3, 0.4) is 0 Å². The molecule has 2 aliphatic rings. The van der Waals surface area contributed by atoms with Gasteiger partial charge in [0.1, 0.15) is 39.7 Å². The molecular weight excluding hydrogens is 492 g/mol. The van der Waals surface area contributed by atoms with Crippen LogP contribution in [-0.4, -0.2) is 47.1 Å². The van der Waals surface area contributed by atoms with Crippen molar-refractivity contribution < 1.29 is 38.9 Å². The molecule has 38 heavy (non-hydrogen) atoms. The Morgan fingerprint density at radius 3 is 2.45 bits per heavy atom. The summed E-state index contributed by atoms with van der Waals surface area (Å²) in [7, 11) is 1.50. The van der Waals surface area contributed by atoms with Crippen molar-refractivity contribution in [3.8, 4) is 23.0 Å². The molecule has 1 aliphatic heterocycles. The number of allylic oxidation sites excluding steroid dienone is 4. The van der Waals surface area contributed by atoms with Crippen molar-refractivity contribution in [3.05, 3.63) is 64.1 Å². The number of Topliss-reactive ketones (excluding diaryl/α,β-unsaturated/α-hetero) is 2. The number of para-hydroxylation sites is 2. The molecule has 198 valence electrons. The first-order chi connectivity index (χ1) is 17.9. The lowest BCUT2D eigenvalue weighted by Gasteiger charge is -2.29. The van der Waals surface area contributed by atoms with Gasteiger partial charge in [-0.3, -0.25) is 19.2 Å². The number of ketones is 3. The number of hydrogen-bond acceptors (Lipinski definition) is 9. The minimum absolute atomic E-state index is 0.0169. The quantitative estimate of drug-likeness (QED) is 0.245. The van der Waals surface area contributed by atoms with Crippen LogP contribution in [-0.2, 0) is 19.8 Å². The molecule has 10 heteroatoms. The van der Waals surface area contributed by atoms with Crippen molar-refractivity contribution in [1.82, 2.24) is 5.32 Å². The fraction of sp³-hybridized carbons (Fsp3) is 0.286. The lowest BCUT2D eigenvalue weighted by Crippen LogP contribution is -2.41. The van der Waals surface area contributed by atoms with Gasteiger partial charge in [-0.25, -0.2) is 0 Å². The lowest BCUT2D eigenvalue weighted by atomic mass is 9.70. The van der Waals surface area contributed by atoms with E-state index in [2.05, 4.69) is 10.6 Å². The number of anilines is 1. The van der Waals surface area contributed by atoms with Gasteiger partial charge in [0.05, 0.1) is 23.9 Å². The van der Waals surface area contributed by atoms with Crippen LogP contribution in [0.15, 0.2) is 47.4 Å². The number of carbonyl (C=O) groups is 4. The molecule has 10 nitrogen and oxygen atoms in total. The minimum Gasteiger partial charge on any atom is -0.507 e. The third-order valence-corrected chi connectivity index (χ3v) is 6.88. The molecule has 0 saturated heterocycles. The largest absolute Gasteiger partial charge is 0.507 e. The number of hydrogen-bond donors (Lipinski definition) is 4. The number of fused-ring (bicyclic) bond motifs is 3. The van der Waals surface area contributed by atoms with E-state index >= 15 is 0 Å². The third-order valence-electron chi connectivity index (χ3n) is 6.88. The van der Waals surface area contributed by atoms with Gasteiger partial charge >= 0.3 is 0 Å². The molecule has 1 atom stereocenters. The van der Waals surface area contributed by atoms with Crippen molar-refractivity contribution >= 4 is 28.9 Å². The average Bonchev–Trinajstić information content (AvgIpc) is 3.15. The normalized spacial score (nSPS) is 19.1. The Morgan fingerprint density at radius 1 is 1.11 bits per heavy atom. The van der Waals surface area contributed by atoms with Crippen LogP contribution >= 0.6 is 0 Å². The van der Waals surface area contributed by atoms with Gasteiger partial charge in [-0.05, 0) is 39.8 Å². The molecular formula is C28H28N2O8. The number of benzene rings is 2. The Bertz CT molecular complexity index is 1470. The summed E-state index contributed by atoms with van der Waals surface area (Å²) < 4.78 is 11.0. The van der Waals surface area contributed by atoms with Crippen molar-refractivity contribution in [2.24, 2.45) is 0 Å². The maximum Gasteiger partial charge on any atom is 0.226 e. The zero-order valence-electron chi connectivity index (χ0n) is 21.6. The summed E-state index contributed by atoms with van der Waals surface area (Å²) in [5.41, 5.74) is -1.13. The molecule has 2 aromatic rings. The second-order valence-corrected chi connectivity index (χ2v) is 9.31. The van der Waals surface area contributed by atoms with Crippen molar-refractivity contribution in [2.45, 2.75) is 39.5 Å². The molecule has 1 unspecified atom stereocenters. The number of carbonyl (C=O) groups excluding carboxylic acids is 4. The molecule has 0 fully saturated rings. The van der Waals surface area contributed by atoms with Crippen LogP contribution in [0.25, 0.3) is 0 Å². The zero-order valence-corrected chi connectivity index (χ0v) is 21.6. The number of phenols is 2. The van der Waals surface area contributed by atoms with Crippen LogP contribution < -0.4 is 20.1 Å². The molecule has 0 spiro atoms. The zero-order chi connectivity index (χ0) is 27.9. The third kappa shape index (κ3) is 4.07. The first-order valence-electron chi connectivity index (χ1n) is 11.9. The van der Waals surface area contributed by atoms with Crippen LogP contribution in [0.2, 0.25) is 0 Å². The van der Waals surface area contributed by atoms with Gasteiger partial charge in [-0.15, -0.1) is 0 Å². The average molecular weight is 521 g/mol. The maximum atomic E-state index is 13.8. The lowest BCUT2D eigenvalue weighted by molar-refractivity contribution is -0.123. The molecule has 1 aliphatic carbocycles. The predicted molar refractivity (Wildman–Crippen MR) is 138 cm³/mol. The summed E-state index contributed by atoms with van der Waals surface area (Å²) in [4.78, 5) is 51.5. The monoisotopic (exact) mass is 520 g/mol. The molecule has 0 saturated carbocycles. The van der Waals surface area contributed by atoms with E-state index in [9.17, 15) is 29.4 Å². The van der Waals surface area contributed by atoms with Crippen molar-refractivity contribution in [2.75, 3.05) is 19.0 Å². The Labute approximate surface area is 218 Å². The first-order valence-corrected chi connectivity index (χ1v) is 11.9. The molecule has 4 rings (SSSR count). The van der Waals surface area contributed by atoms with E-state index in [-0.39, 0.29) is 58.3 Å². The van der Waals surface area contributed by atoms with Gasteiger partial charge in [0.2, 0.25) is 5.91 Å². The highest BCUT2D eigenvalue weighted by Crippen LogP contribution is 2.57. The van der Waals surface area contributed by atoms with Gasteiger partial charge in [-0.2, -0.15) is 0 Å². The van der Waals surface area contributed by atoms with Gasteiger partial charge in [-0.1, -0.05) is 12.1 Å². The van der Waals surface area contributed by atoms with Gasteiger partial charge in [0, 0.05) is 30.3 Å². The van der Waals surface area contributed by atoms with Crippen LogP contribution in [0.1, 0.15) is 48.7 Å². The van der Waals surface area contributed by atoms with E-state index in [0.717, 1.165) is 6.08 Å². The smallest absolute Gasteiger partial charge is 0.226 e. The molecule has 1 amide bonds. The fourth-order valence-electron chi connectivity index (χ4n) is 4.77. The molecule has 1 heterocycles. The summed E-state index contributed by atoms with van der Waals surface area (Å²) in [6.45, 7) is 5.81. The number of aromatic hydroxyl groups is 2. The van der Waals surface area contributed by atoms with E-state index < -0.39 is 34.3 Å². The highest BCUT2D eigenvalue weighted by molar-refractivity contribution is 6.31. The Balaban J connectivity index is 1.60. The van der Waals surface area contributed by atoms with Crippen LogP contribution in [0.5, 0.6) is 23.0 Å². The topological polar surface area (TPSA) is 151 Å².